The van der Waals surface area contributed by atoms with E-state index in [9.17, 15) is 9.90 Å². The van der Waals surface area contributed by atoms with Crippen LogP contribution in [0.4, 0.5) is 0 Å². The van der Waals surface area contributed by atoms with Crippen LogP contribution in [0.3, 0.4) is 0 Å². The van der Waals surface area contributed by atoms with E-state index < -0.39 is 6.23 Å². The van der Waals surface area contributed by atoms with Crippen LogP contribution in [-0.2, 0) is 33.2 Å². The molecule has 0 rings (SSSR count). The maximum absolute atomic E-state index is 11.7. The van der Waals surface area contributed by atoms with E-state index in [1.807, 2.05) is 6.92 Å². The highest BCUT2D eigenvalue weighted by atomic mass is 127. The summed E-state index contributed by atoms with van der Waals surface area (Å²) < 4.78 is 32.3. The lowest BCUT2D eigenvalue weighted by Crippen LogP contribution is -2.32. The second-order valence-electron chi connectivity index (χ2n) is 7.33. The third kappa shape index (κ3) is 28.2. The highest BCUT2D eigenvalue weighted by molar-refractivity contribution is 14.1. The molecule has 13 heteroatoms. The number of hydrogen-bond acceptors (Lipinski definition) is 11. The second kappa shape index (κ2) is 28.4. The second-order valence-corrected chi connectivity index (χ2v) is 8.83. The van der Waals surface area contributed by atoms with Gasteiger partial charge in [0, 0.05) is 19.6 Å². The number of halogens is 1. The van der Waals surface area contributed by atoms with Crippen LogP contribution in [0.2, 0.25) is 0 Å². The van der Waals surface area contributed by atoms with Crippen molar-refractivity contribution >= 4 is 28.5 Å². The molecule has 0 unspecified atom stereocenters. The molecular weight excluding hydrogens is 577 g/mol. The fourth-order valence-electron chi connectivity index (χ4n) is 2.51. The molecule has 0 aromatic carbocycles. The van der Waals surface area contributed by atoms with Gasteiger partial charge in [0.25, 0.3) is 0 Å². The molecule has 0 radical (unpaired) electrons. The normalized spacial score (nSPS) is 13.1. The number of alkyl halides is 1. The van der Waals surface area contributed by atoms with Crippen molar-refractivity contribution < 1.29 is 43.4 Å². The first-order valence-electron chi connectivity index (χ1n) is 12.2. The fraction of sp³-hybridized carbons (Fsp3) is 0.955. The maximum atomic E-state index is 11.7. The fourth-order valence-corrected chi connectivity index (χ4v) is 3.08. The summed E-state index contributed by atoms with van der Waals surface area (Å²) in [5.41, 5.74) is 0. The molecule has 0 aliphatic heterocycles. The number of ether oxygens (including phenoxy) is 6. The minimum Gasteiger partial charge on any atom is -0.394 e. The van der Waals surface area contributed by atoms with Gasteiger partial charge in [-0.3, -0.25) is 10.1 Å². The molecule has 2 atom stereocenters. The van der Waals surface area contributed by atoms with Crippen LogP contribution in [0.25, 0.3) is 0 Å². The van der Waals surface area contributed by atoms with Gasteiger partial charge >= 0.3 is 0 Å². The van der Waals surface area contributed by atoms with E-state index in [1.165, 1.54) is 0 Å². The Morgan fingerprint density at radius 3 is 1.94 bits per heavy atom. The maximum Gasteiger partial charge on any atom is 0.246 e. The van der Waals surface area contributed by atoms with Gasteiger partial charge in [0.15, 0.2) is 0 Å². The highest BCUT2D eigenvalue weighted by Crippen LogP contribution is 1.96. The Kier molecular flexibility index (Phi) is 28.2. The minimum absolute atomic E-state index is 0.0213. The van der Waals surface area contributed by atoms with Gasteiger partial charge in [0.1, 0.15) is 12.8 Å². The Morgan fingerprint density at radius 1 is 0.771 bits per heavy atom. The molecular formula is C22H46IN3O9. The zero-order valence-electron chi connectivity index (χ0n) is 21.0. The van der Waals surface area contributed by atoms with Crippen LogP contribution < -0.4 is 16.0 Å². The molecule has 210 valence electrons. The van der Waals surface area contributed by atoms with Crippen molar-refractivity contribution in [1.29, 1.82) is 0 Å². The van der Waals surface area contributed by atoms with Crippen LogP contribution in [0, 0.1) is 0 Å². The van der Waals surface area contributed by atoms with Crippen LogP contribution in [0.5, 0.6) is 0 Å². The summed E-state index contributed by atoms with van der Waals surface area (Å²) in [6.07, 6.45) is 1.15. The molecule has 0 aromatic heterocycles. The van der Waals surface area contributed by atoms with E-state index >= 15 is 0 Å². The molecule has 0 aliphatic carbocycles. The average molecular weight is 624 g/mol. The summed E-state index contributed by atoms with van der Waals surface area (Å²) in [6.45, 7) is 8.71. The van der Waals surface area contributed by atoms with Crippen LogP contribution in [-0.4, -0.2) is 132 Å². The quantitative estimate of drug-likeness (QED) is 0.0247. The van der Waals surface area contributed by atoms with Gasteiger partial charge < -0.3 is 49.3 Å². The molecule has 5 N–H and O–H groups in total. The van der Waals surface area contributed by atoms with Gasteiger partial charge in [-0.15, -0.1) is 0 Å². The lowest BCUT2D eigenvalue weighted by atomic mass is 10.3. The van der Waals surface area contributed by atoms with Crippen molar-refractivity contribution in [2.24, 2.45) is 0 Å². The molecule has 0 fully saturated rings. The predicted molar refractivity (Wildman–Crippen MR) is 140 cm³/mol. The van der Waals surface area contributed by atoms with Gasteiger partial charge in [-0.2, -0.15) is 0 Å². The van der Waals surface area contributed by atoms with Gasteiger partial charge in [-0.05, 0) is 6.42 Å². The molecule has 0 spiro atoms. The topological polar surface area (TPSA) is 149 Å². The summed E-state index contributed by atoms with van der Waals surface area (Å²) in [5.74, 6) is -0.199. The largest absolute Gasteiger partial charge is 0.394 e. The smallest absolute Gasteiger partial charge is 0.246 e. The molecule has 0 saturated carbocycles. The van der Waals surface area contributed by atoms with E-state index in [4.69, 9.17) is 33.5 Å². The summed E-state index contributed by atoms with van der Waals surface area (Å²) in [6, 6.07) is 0. The van der Waals surface area contributed by atoms with Gasteiger partial charge in [0.05, 0.1) is 83.3 Å². The van der Waals surface area contributed by atoms with Gasteiger partial charge in [0.2, 0.25) is 5.91 Å². The lowest BCUT2D eigenvalue weighted by Gasteiger charge is -2.13. The zero-order valence-corrected chi connectivity index (χ0v) is 23.2. The van der Waals surface area contributed by atoms with Crippen molar-refractivity contribution in [3.05, 3.63) is 0 Å². The number of amides is 1. The summed E-state index contributed by atoms with van der Waals surface area (Å²) in [5, 5.41) is 27.1. The van der Waals surface area contributed by atoms with Gasteiger partial charge in [-0.25, -0.2) is 0 Å². The Hall–Kier alpha value is -0.200. The van der Waals surface area contributed by atoms with Crippen molar-refractivity contribution in [3.8, 4) is 0 Å². The molecule has 1 amide bonds. The Morgan fingerprint density at radius 2 is 1.31 bits per heavy atom. The van der Waals surface area contributed by atoms with E-state index in [2.05, 4.69) is 38.5 Å². The van der Waals surface area contributed by atoms with Crippen LogP contribution >= 0.6 is 22.6 Å². The third-order valence-electron chi connectivity index (χ3n) is 4.22. The molecule has 35 heavy (non-hydrogen) atoms. The van der Waals surface area contributed by atoms with Crippen LogP contribution in [0.1, 0.15) is 19.8 Å². The van der Waals surface area contributed by atoms with Crippen molar-refractivity contribution in [2.75, 3.05) is 106 Å². The van der Waals surface area contributed by atoms with E-state index in [0.717, 1.165) is 12.8 Å². The predicted octanol–water partition coefficient (Wildman–Crippen LogP) is -0.747. The molecule has 0 aromatic rings. The number of rotatable bonds is 28. The summed E-state index contributed by atoms with van der Waals surface area (Å²) in [7, 11) is 0. The molecule has 0 saturated heterocycles. The lowest BCUT2D eigenvalue weighted by molar-refractivity contribution is -0.126. The van der Waals surface area contributed by atoms with Crippen molar-refractivity contribution in [2.45, 2.75) is 30.0 Å². The van der Waals surface area contributed by atoms with Gasteiger partial charge in [-0.1, -0.05) is 35.9 Å². The Labute approximate surface area is 223 Å². The number of carbonyl (C=O) groups excluding carboxylic acids is 1. The number of aliphatic hydroxyl groups is 2. The first-order chi connectivity index (χ1) is 17.1. The number of carbonyl (C=O) groups is 1. The standard InChI is InChI=1S/C22H46IN3O9/c1-2-3-21(28)25-5-9-31-15-17-35-19-22(29)26-6-10-32-14-16-34-18-20(23)24-4-8-30-12-13-33-11-7-27/h20-21,24-25,27-28H,2-19H2,1H3,(H,26,29)/t20-,21-/m0/s1. The SMILES string of the molecule is CCC[C@H](O)NCCOCCOCC(=O)NCCOCCOC[C@@H](I)NCCOCCOCCO. The van der Waals surface area contributed by atoms with Crippen molar-refractivity contribution in [3.63, 3.8) is 0 Å². The molecule has 0 bridgehead atoms. The first kappa shape index (κ1) is 34.8. The van der Waals surface area contributed by atoms with E-state index in [-0.39, 0.29) is 23.2 Å². The molecule has 0 heterocycles. The number of aliphatic hydroxyl groups excluding tert-OH is 2. The highest BCUT2D eigenvalue weighted by Gasteiger charge is 2.04. The minimum atomic E-state index is -0.488. The van der Waals surface area contributed by atoms with E-state index in [1.54, 1.807) is 0 Å². The monoisotopic (exact) mass is 623 g/mol. The Bertz CT molecular complexity index is 456. The molecule has 12 nitrogen and oxygen atoms in total. The summed E-state index contributed by atoms with van der Waals surface area (Å²) in [4.78, 5) is 11.7. The number of hydrogen-bond donors (Lipinski definition) is 5. The van der Waals surface area contributed by atoms with Crippen LogP contribution in [0.15, 0.2) is 0 Å². The Balaban J connectivity index is 3.28. The first-order valence-corrected chi connectivity index (χ1v) is 13.5. The summed E-state index contributed by atoms with van der Waals surface area (Å²) >= 11 is 2.26. The zero-order chi connectivity index (χ0) is 25.8. The van der Waals surface area contributed by atoms with Crippen molar-refractivity contribution in [1.82, 2.24) is 16.0 Å². The average Bonchev–Trinajstić information content (AvgIpc) is 2.84. The van der Waals surface area contributed by atoms with E-state index in [0.29, 0.717) is 92.3 Å². The third-order valence-corrected chi connectivity index (χ3v) is 5.02. The molecule has 0 aliphatic rings. The number of nitrogens with one attached hydrogen (secondary N) is 3.